The summed E-state index contributed by atoms with van der Waals surface area (Å²) in [5.74, 6) is 1.42. The molecule has 26 heavy (non-hydrogen) atoms. The van der Waals surface area contributed by atoms with Crippen molar-refractivity contribution in [2.24, 2.45) is 0 Å². The smallest absolute Gasteiger partial charge is 0.256 e. The van der Waals surface area contributed by atoms with Gasteiger partial charge < -0.3 is 10.3 Å². The molecule has 0 bridgehead atoms. The molecule has 3 N–H and O–H groups in total. The highest BCUT2D eigenvalue weighted by molar-refractivity contribution is 7.99. The van der Waals surface area contributed by atoms with Crippen molar-refractivity contribution in [3.8, 4) is 0 Å². The van der Waals surface area contributed by atoms with Gasteiger partial charge in [0.05, 0.1) is 12.0 Å². The fraction of sp³-hybridized carbons (Fsp3) is 0.316. The van der Waals surface area contributed by atoms with Crippen LogP contribution in [0.5, 0.6) is 0 Å². The number of aromatic amines is 2. The van der Waals surface area contributed by atoms with Gasteiger partial charge in [0.15, 0.2) is 0 Å². The predicted octanol–water partition coefficient (Wildman–Crippen LogP) is 3.30. The zero-order valence-corrected chi connectivity index (χ0v) is 15.8. The summed E-state index contributed by atoms with van der Waals surface area (Å²) in [6, 6.07) is 9.96. The van der Waals surface area contributed by atoms with E-state index in [1.54, 1.807) is 6.33 Å². The van der Waals surface area contributed by atoms with Gasteiger partial charge in [-0.15, -0.1) is 0 Å². The Morgan fingerprint density at radius 3 is 2.77 bits per heavy atom. The third kappa shape index (κ3) is 4.76. The number of rotatable bonds is 8. The van der Waals surface area contributed by atoms with Crippen LogP contribution in [0, 0.1) is 6.92 Å². The van der Waals surface area contributed by atoms with E-state index in [1.807, 2.05) is 55.2 Å². The van der Waals surface area contributed by atoms with E-state index in [0.29, 0.717) is 23.2 Å². The van der Waals surface area contributed by atoms with Crippen LogP contribution in [0.2, 0.25) is 0 Å². The van der Waals surface area contributed by atoms with E-state index in [0.717, 1.165) is 29.2 Å². The van der Waals surface area contributed by atoms with Gasteiger partial charge >= 0.3 is 0 Å². The quantitative estimate of drug-likeness (QED) is 0.530. The van der Waals surface area contributed by atoms with Gasteiger partial charge in [0.25, 0.3) is 5.56 Å². The van der Waals surface area contributed by atoms with Gasteiger partial charge in [-0.3, -0.25) is 9.78 Å². The largest absolute Gasteiger partial charge is 0.355 e. The molecule has 0 spiro atoms. The Kier molecular flexibility index (Phi) is 6.12. The van der Waals surface area contributed by atoms with E-state index >= 15 is 0 Å². The van der Waals surface area contributed by atoms with Crippen molar-refractivity contribution in [1.82, 2.24) is 19.9 Å². The molecule has 0 saturated heterocycles. The average molecular weight is 369 g/mol. The molecule has 1 atom stereocenters. The van der Waals surface area contributed by atoms with Gasteiger partial charge in [-0.25, -0.2) is 9.97 Å². The van der Waals surface area contributed by atoms with E-state index in [1.165, 1.54) is 0 Å². The molecule has 3 rings (SSSR count). The molecule has 0 aliphatic rings. The summed E-state index contributed by atoms with van der Waals surface area (Å²) in [6.45, 7) is 4.75. The van der Waals surface area contributed by atoms with Crippen molar-refractivity contribution in [2.45, 2.75) is 25.5 Å². The number of hydrogen-bond acceptors (Lipinski definition) is 5. The highest BCUT2D eigenvalue weighted by atomic mass is 32.2. The minimum Gasteiger partial charge on any atom is -0.355 e. The molecule has 0 aliphatic heterocycles. The summed E-state index contributed by atoms with van der Waals surface area (Å²) < 4.78 is 0. The van der Waals surface area contributed by atoms with Crippen molar-refractivity contribution >= 4 is 17.7 Å². The molecule has 2 heterocycles. The van der Waals surface area contributed by atoms with E-state index in [4.69, 9.17) is 0 Å². The fourth-order valence-electron chi connectivity index (χ4n) is 2.69. The fourth-order valence-corrected chi connectivity index (χ4v) is 3.57. The van der Waals surface area contributed by atoms with Gasteiger partial charge in [0, 0.05) is 41.4 Å². The first-order chi connectivity index (χ1) is 12.6. The molecule has 7 heteroatoms. The minimum absolute atomic E-state index is 0.0812. The van der Waals surface area contributed by atoms with E-state index in [2.05, 4.69) is 32.2 Å². The lowest BCUT2D eigenvalue weighted by atomic mass is 10.1. The van der Waals surface area contributed by atoms with E-state index in [-0.39, 0.29) is 5.56 Å². The van der Waals surface area contributed by atoms with Crippen LogP contribution in [0.3, 0.4) is 0 Å². The van der Waals surface area contributed by atoms with Crippen LogP contribution in [-0.2, 0) is 6.42 Å². The van der Waals surface area contributed by atoms with Crippen molar-refractivity contribution in [2.75, 3.05) is 17.6 Å². The predicted molar refractivity (Wildman–Crippen MR) is 107 cm³/mol. The Balaban J connectivity index is 1.55. The molecule has 0 radical (unpaired) electrons. The van der Waals surface area contributed by atoms with Gasteiger partial charge in [-0.1, -0.05) is 30.3 Å². The number of benzene rings is 1. The second kappa shape index (κ2) is 8.71. The number of aromatic nitrogens is 4. The topological polar surface area (TPSA) is 86.5 Å². The van der Waals surface area contributed by atoms with Gasteiger partial charge in [-0.05, 0) is 19.4 Å². The first-order valence-electron chi connectivity index (χ1n) is 8.61. The average Bonchev–Trinajstić information content (AvgIpc) is 3.17. The lowest BCUT2D eigenvalue weighted by Gasteiger charge is -2.11. The Bertz CT molecular complexity index is 877. The highest BCUT2D eigenvalue weighted by Gasteiger charge is 2.10. The van der Waals surface area contributed by atoms with Crippen molar-refractivity contribution in [3.63, 3.8) is 0 Å². The normalized spacial score (nSPS) is 12.1. The molecule has 2 aromatic heterocycles. The maximum Gasteiger partial charge on any atom is 0.256 e. The molecule has 0 fully saturated rings. The molecule has 3 aromatic rings. The van der Waals surface area contributed by atoms with Crippen LogP contribution in [0.1, 0.15) is 34.7 Å². The van der Waals surface area contributed by atoms with Crippen LogP contribution in [0.25, 0.3) is 0 Å². The summed E-state index contributed by atoms with van der Waals surface area (Å²) in [6.07, 6.45) is 4.13. The standard InChI is InChI=1S/C19H23N5OS/c1-13-16(10-15-6-4-3-5-7-15)18(25)24-19(23-13)21-8-9-26-14(2)17-11-20-12-22-17/h3-7,11-12,14H,8-10H2,1-2H3,(H,20,22)(H2,21,23,24,25). The summed E-state index contributed by atoms with van der Waals surface area (Å²) in [7, 11) is 0. The Labute approximate surface area is 156 Å². The van der Waals surface area contributed by atoms with Crippen LogP contribution in [0.15, 0.2) is 47.7 Å². The van der Waals surface area contributed by atoms with Crippen LogP contribution in [0.4, 0.5) is 5.95 Å². The first-order valence-corrected chi connectivity index (χ1v) is 9.66. The van der Waals surface area contributed by atoms with Crippen LogP contribution in [-0.4, -0.2) is 32.2 Å². The molecule has 6 nitrogen and oxygen atoms in total. The molecule has 1 aromatic carbocycles. The second-order valence-corrected chi connectivity index (χ2v) is 7.54. The number of imidazole rings is 1. The number of nitrogens with zero attached hydrogens (tertiary/aromatic N) is 2. The maximum atomic E-state index is 12.4. The second-order valence-electron chi connectivity index (χ2n) is 6.09. The Morgan fingerprint density at radius 2 is 2.08 bits per heavy atom. The lowest BCUT2D eigenvalue weighted by Crippen LogP contribution is -2.20. The third-order valence-corrected chi connectivity index (χ3v) is 5.36. The minimum atomic E-state index is -0.0812. The molecule has 1 unspecified atom stereocenters. The SMILES string of the molecule is Cc1nc(NCCSC(C)c2cnc[nH]2)[nH]c(=O)c1Cc1ccccc1. The molecule has 0 saturated carbocycles. The van der Waals surface area contributed by atoms with Crippen LogP contribution < -0.4 is 10.9 Å². The van der Waals surface area contributed by atoms with Crippen molar-refractivity contribution in [1.29, 1.82) is 0 Å². The zero-order chi connectivity index (χ0) is 18.4. The van der Waals surface area contributed by atoms with E-state index in [9.17, 15) is 4.79 Å². The van der Waals surface area contributed by atoms with E-state index < -0.39 is 0 Å². The molecular weight excluding hydrogens is 346 g/mol. The third-order valence-electron chi connectivity index (χ3n) is 4.17. The first kappa shape index (κ1) is 18.3. The number of anilines is 1. The summed E-state index contributed by atoms with van der Waals surface area (Å²) >= 11 is 1.81. The maximum absolute atomic E-state index is 12.4. The van der Waals surface area contributed by atoms with Gasteiger partial charge in [0.1, 0.15) is 0 Å². The van der Waals surface area contributed by atoms with Crippen molar-refractivity contribution < 1.29 is 0 Å². The Morgan fingerprint density at radius 1 is 1.27 bits per heavy atom. The number of H-pyrrole nitrogens is 2. The highest BCUT2D eigenvalue weighted by Crippen LogP contribution is 2.25. The number of aryl methyl sites for hydroxylation is 1. The molecular formula is C19H23N5OS. The molecule has 0 amide bonds. The Hall–Kier alpha value is -2.54. The summed E-state index contributed by atoms with van der Waals surface area (Å²) in [5, 5.41) is 3.55. The van der Waals surface area contributed by atoms with Crippen LogP contribution >= 0.6 is 11.8 Å². The lowest BCUT2D eigenvalue weighted by molar-refractivity contribution is 0.966. The molecule has 136 valence electrons. The number of thioether (sulfide) groups is 1. The van der Waals surface area contributed by atoms with Gasteiger partial charge in [0.2, 0.25) is 5.95 Å². The monoisotopic (exact) mass is 369 g/mol. The summed E-state index contributed by atoms with van der Waals surface area (Å²) in [5.41, 5.74) is 3.61. The molecule has 0 aliphatic carbocycles. The number of nitrogens with one attached hydrogen (secondary N) is 3. The summed E-state index contributed by atoms with van der Waals surface area (Å²) in [4.78, 5) is 26.9. The number of hydrogen-bond donors (Lipinski definition) is 3. The van der Waals surface area contributed by atoms with Crippen molar-refractivity contribution in [3.05, 3.63) is 75.7 Å². The van der Waals surface area contributed by atoms with Gasteiger partial charge in [-0.2, -0.15) is 11.8 Å². The zero-order valence-electron chi connectivity index (χ0n) is 15.0.